The van der Waals surface area contributed by atoms with Crippen molar-refractivity contribution in [2.24, 2.45) is 5.41 Å². The maximum atomic E-state index is 11.0. The topological polar surface area (TPSA) is 78.4 Å². The molecule has 0 radical (unpaired) electrons. The zero-order valence-corrected chi connectivity index (χ0v) is 6.46. The van der Waals surface area contributed by atoms with Crippen LogP contribution in [0.3, 0.4) is 0 Å². The van der Waals surface area contributed by atoms with Gasteiger partial charge in [-0.2, -0.15) is 0 Å². The van der Waals surface area contributed by atoms with Gasteiger partial charge in [0.15, 0.2) is 0 Å². The Morgan fingerprint density at radius 3 is 2.58 bits per heavy atom. The molecule has 0 saturated carbocycles. The summed E-state index contributed by atoms with van der Waals surface area (Å²) in [7, 11) is 0. The number of hydrogen-bond acceptors (Lipinski definition) is 3. The number of carbonyl (C=O) groups excluding carboxylic acids is 1. The van der Waals surface area contributed by atoms with E-state index in [0.717, 1.165) is 0 Å². The van der Waals surface area contributed by atoms with E-state index in [1.54, 1.807) is 0 Å². The quantitative estimate of drug-likeness (QED) is 0.450. The molecule has 0 aliphatic carbocycles. The molecule has 1 amide bonds. The fourth-order valence-electron chi connectivity index (χ4n) is 1.89. The largest absolute Gasteiger partial charge is 0.480 e. The van der Waals surface area contributed by atoms with Crippen molar-refractivity contribution in [2.45, 2.75) is 12.5 Å². The van der Waals surface area contributed by atoms with Crippen LogP contribution in [0.1, 0.15) is 6.42 Å². The molecule has 0 aromatic heterocycles. The van der Waals surface area contributed by atoms with E-state index in [1.807, 2.05) is 0 Å². The predicted octanol–water partition coefficient (Wildman–Crippen LogP) is -1.45. The van der Waals surface area contributed by atoms with Gasteiger partial charge in [0.1, 0.15) is 6.04 Å². The van der Waals surface area contributed by atoms with E-state index in [0.29, 0.717) is 19.5 Å². The van der Waals surface area contributed by atoms with Crippen molar-refractivity contribution in [3.8, 4) is 0 Å². The van der Waals surface area contributed by atoms with Gasteiger partial charge in [0.2, 0.25) is 5.91 Å². The lowest BCUT2D eigenvalue weighted by atomic mass is 9.75. The first-order valence-corrected chi connectivity index (χ1v) is 3.87. The maximum Gasteiger partial charge on any atom is 0.326 e. The first kappa shape index (κ1) is 7.54. The van der Waals surface area contributed by atoms with E-state index in [1.165, 1.54) is 0 Å². The smallest absolute Gasteiger partial charge is 0.326 e. The number of nitrogens with one attached hydrogen (secondary N) is 2. The second kappa shape index (κ2) is 2.20. The third kappa shape index (κ3) is 0.828. The highest BCUT2D eigenvalue weighted by molar-refractivity contribution is 5.89. The Morgan fingerprint density at radius 1 is 1.58 bits per heavy atom. The van der Waals surface area contributed by atoms with Crippen LogP contribution in [0.15, 0.2) is 0 Å². The Morgan fingerprint density at radius 2 is 2.25 bits per heavy atom. The van der Waals surface area contributed by atoms with Gasteiger partial charge in [-0.05, 0) is 0 Å². The summed E-state index contributed by atoms with van der Waals surface area (Å²) in [6.07, 6.45) is 0.344. The van der Waals surface area contributed by atoms with Gasteiger partial charge >= 0.3 is 5.97 Å². The van der Waals surface area contributed by atoms with Crippen LogP contribution in [-0.2, 0) is 9.59 Å². The molecule has 1 unspecified atom stereocenters. The lowest BCUT2D eigenvalue weighted by Gasteiger charge is -2.40. The number of amides is 1. The Balaban J connectivity index is 2.21. The molecule has 5 heteroatoms. The van der Waals surface area contributed by atoms with Crippen molar-refractivity contribution in [3.05, 3.63) is 0 Å². The molecule has 2 rings (SSSR count). The summed E-state index contributed by atoms with van der Waals surface area (Å²) in [5.41, 5.74) is -0.344. The van der Waals surface area contributed by atoms with Crippen molar-refractivity contribution in [1.82, 2.24) is 10.6 Å². The lowest BCUT2D eigenvalue weighted by molar-refractivity contribution is -0.143. The van der Waals surface area contributed by atoms with E-state index >= 15 is 0 Å². The Labute approximate surface area is 69.1 Å². The molecule has 1 atom stereocenters. The van der Waals surface area contributed by atoms with Crippen molar-refractivity contribution in [1.29, 1.82) is 0 Å². The summed E-state index contributed by atoms with van der Waals surface area (Å²) in [5, 5.41) is 14.3. The van der Waals surface area contributed by atoms with Crippen molar-refractivity contribution >= 4 is 11.9 Å². The number of carboxylic acid groups (broad SMARTS) is 1. The Kier molecular flexibility index (Phi) is 1.38. The van der Waals surface area contributed by atoms with Gasteiger partial charge in [0, 0.05) is 24.9 Å². The molecule has 2 aliphatic rings. The third-order valence-corrected chi connectivity index (χ3v) is 2.63. The molecule has 66 valence electrons. The standard InChI is InChI=1S/C7H10N2O3/c10-4-1-7(2-8-3-7)5(9-4)6(11)12/h5,8H,1-3H2,(H,9,10)(H,11,12). The van der Waals surface area contributed by atoms with Gasteiger partial charge < -0.3 is 15.7 Å². The number of carboxylic acids is 1. The highest BCUT2D eigenvalue weighted by atomic mass is 16.4. The van der Waals surface area contributed by atoms with Crippen LogP contribution in [0, 0.1) is 5.41 Å². The summed E-state index contributed by atoms with van der Waals surface area (Å²) in [6, 6.07) is -0.689. The molecule has 0 bridgehead atoms. The fraction of sp³-hybridized carbons (Fsp3) is 0.714. The minimum Gasteiger partial charge on any atom is -0.480 e. The second-order valence-corrected chi connectivity index (χ2v) is 3.48. The highest BCUT2D eigenvalue weighted by Crippen LogP contribution is 2.35. The van der Waals surface area contributed by atoms with Gasteiger partial charge in [-0.1, -0.05) is 0 Å². The molecular formula is C7H10N2O3. The zero-order chi connectivity index (χ0) is 8.77. The predicted molar refractivity (Wildman–Crippen MR) is 39.5 cm³/mol. The minimum atomic E-state index is -0.928. The summed E-state index contributed by atoms with van der Waals surface area (Å²) < 4.78 is 0. The van der Waals surface area contributed by atoms with Crippen molar-refractivity contribution < 1.29 is 14.7 Å². The molecule has 1 spiro atoms. The first-order valence-electron chi connectivity index (χ1n) is 3.87. The van der Waals surface area contributed by atoms with E-state index in [9.17, 15) is 9.59 Å². The summed E-state index contributed by atoms with van der Waals surface area (Å²) in [6.45, 7) is 1.26. The van der Waals surface area contributed by atoms with Crippen molar-refractivity contribution in [2.75, 3.05) is 13.1 Å². The zero-order valence-electron chi connectivity index (χ0n) is 6.46. The third-order valence-electron chi connectivity index (χ3n) is 2.63. The van der Waals surface area contributed by atoms with E-state index in [2.05, 4.69) is 10.6 Å². The van der Waals surface area contributed by atoms with Crippen LogP contribution >= 0.6 is 0 Å². The van der Waals surface area contributed by atoms with Crippen LogP contribution in [0.5, 0.6) is 0 Å². The molecule has 0 aromatic carbocycles. The number of carbonyl (C=O) groups is 2. The summed E-state index contributed by atoms with van der Waals surface area (Å²) >= 11 is 0. The van der Waals surface area contributed by atoms with Crippen LogP contribution < -0.4 is 10.6 Å². The molecule has 5 nitrogen and oxygen atoms in total. The van der Waals surface area contributed by atoms with Gasteiger partial charge in [-0.3, -0.25) is 4.79 Å². The maximum absolute atomic E-state index is 11.0. The number of aliphatic carboxylic acids is 1. The highest BCUT2D eigenvalue weighted by Gasteiger charge is 2.54. The van der Waals surface area contributed by atoms with E-state index < -0.39 is 12.0 Å². The van der Waals surface area contributed by atoms with Gasteiger partial charge in [0.25, 0.3) is 0 Å². The van der Waals surface area contributed by atoms with E-state index in [4.69, 9.17) is 5.11 Å². The molecule has 12 heavy (non-hydrogen) atoms. The molecule has 2 heterocycles. The SMILES string of the molecule is O=C1CC2(CNC2)C(C(=O)O)N1. The van der Waals surface area contributed by atoms with Crippen LogP contribution in [-0.4, -0.2) is 36.1 Å². The molecular weight excluding hydrogens is 160 g/mol. The van der Waals surface area contributed by atoms with Crippen LogP contribution in [0.2, 0.25) is 0 Å². The summed E-state index contributed by atoms with van der Waals surface area (Å²) in [4.78, 5) is 21.7. The van der Waals surface area contributed by atoms with E-state index in [-0.39, 0.29) is 11.3 Å². The summed E-state index contributed by atoms with van der Waals surface area (Å²) in [5.74, 6) is -1.08. The number of rotatable bonds is 1. The molecule has 2 fully saturated rings. The monoisotopic (exact) mass is 170 g/mol. The lowest BCUT2D eigenvalue weighted by Crippen LogP contribution is -2.61. The van der Waals surface area contributed by atoms with Crippen molar-refractivity contribution in [3.63, 3.8) is 0 Å². The first-order chi connectivity index (χ1) is 5.64. The van der Waals surface area contributed by atoms with Crippen LogP contribution in [0.4, 0.5) is 0 Å². The number of hydrogen-bond donors (Lipinski definition) is 3. The van der Waals surface area contributed by atoms with Crippen LogP contribution in [0.25, 0.3) is 0 Å². The molecule has 0 aromatic rings. The van der Waals surface area contributed by atoms with Gasteiger partial charge in [-0.25, -0.2) is 4.79 Å². The molecule has 2 saturated heterocycles. The fourth-order valence-corrected chi connectivity index (χ4v) is 1.89. The second-order valence-electron chi connectivity index (χ2n) is 3.48. The molecule has 3 N–H and O–H groups in total. The molecule has 2 aliphatic heterocycles. The normalized spacial score (nSPS) is 31.3. The average molecular weight is 170 g/mol. The Hall–Kier alpha value is -1.10. The Bertz CT molecular complexity index is 247. The van der Waals surface area contributed by atoms with Gasteiger partial charge in [0.05, 0.1) is 0 Å². The average Bonchev–Trinajstić information content (AvgIpc) is 2.25. The van der Waals surface area contributed by atoms with Gasteiger partial charge in [-0.15, -0.1) is 0 Å². The minimum absolute atomic E-state index is 0.149.